The molecule has 0 aliphatic rings. The molecule has 0 N–H and O–H groups in total. The van der Waals surface area contributed by atoms with Gasteiger partial charge in [0.05, 0.1) is 18.1 Å². The predicted octanol–water partition coefficient (Wildman–Crippen LogP) is 3.83. The third-order valence-electron chi connectivity index (χ3n) is 1.87. The van der Waals surface area contributed by atoms with E-state index in [4.69, 9.17) is 9.47 Å². The smallest absolute Gasteiger partial charge is 0.269 e. The molecule has 0 unspecified atom stereocenters. The van der Waals surface area contributed by atoms with Crippen LogP contribution < -0.4 is 0 Å². The van der Waals surface area contributed by atoms with E-state index in [2.05, 4.69) is 6.58 Å². The highest BCUT2D eigenvalue weighted by molar-refractivity contribution is 5.26. The number of nitrogens with zero attached hydrogens (tertiary/aromatic N) is 1. The largest absolute Gasteiger partial charge is 0.493 e. The average Bonchev–Trinajstić information content (AvgIpc) is 2.44. The molecule has 0 bridgehead atoms. The Morgan fingerprint density at radius 1 is 1.26 bits per heavy atom. The van der Waals surface area contributed by atoms with Crippen molar-refractivity contribution in [2.75, 3.05) is 13.7 Å². The van der Waals surface area contributed by atoms with Gasteiger partial charge in [0, 0.05) is 0 Å². The fraction of sp³-hybridized carbons (Fsp3) is 0.429. The van der Waals surface area contributed by atoms with Gasteiger partial charge in [-0.1, -0.05) is 26.5 Å². The van der Waals surface area contributed by atoms with Gasteiger partial charge in [0.25, 0.3) is 5.70 Å². The predicted molar refractivity (Wildman–Crippen MR) is 77.1 cm³/mol. The summed E-state index contributed by atoms with van der Waals surface area (Å²) in [4.78, 5) is 10.2. The lowest BCUT2D eigenvalue weighted by Crippen LogP contribution is -2.03. The van der Waals surface area contributed by atoms with E-state index >= 15 is 0 Å². The Kier molecular flexibility index (Phi) is 12.6. The van der Waals surface area contributed by atoms with Crippen LogP contribution in [0.2, 0.25) is 0 Å². The van der Waals surface area contributed by atoms with Crippen molar-refractivity contribution in [3.05, 3.63) is 58.2 Å². The van der Waals surface area contributed by atoms with E-state index < -0.39 is 4.92 Å². The van der Waals surface area contributed by atoms with Crippen molar-refractivity contribution in [2.24, 2.45) is 0 Å². The topological polar surface area (TPSA) is 61.6 Å². The molecule has 0 radical (unpaired) electrons. The summed E-state index contributed by atoms with van der Waals surface area (Å²) >= 11 is 0. The molecule has 0 fully saturated rings. The van der Waals surface area contributed by atoms with Gasteiger partial charge in [-0.25, -0.2) is 0 Å². The molecule has 5 heteroatoms. The first-order valence-electron chi connectivity index (χ1n) is 6.07. The highest BCUT2D eigenvalue weighted by atomic mass is 16.6. The maximum absolute atomic E-state index is 10.7. The Morgan fingerprint density at radius 3 is 2.16 bits per heavy atom. The Bertz CT molecular complexity index is 368. The zero-order valence-corrected chi connectivity index (χ0v) is 12.3. The fourth-order valence-corrected chi connectivity index (χ4v) is 1.07. The molecule has 5 nitrogen and oxygen atoms in total. The minimum atomic E-state index is -0.486. The van der Waals surface area contributed by atoms with E-state index in [1.54, 1.807) is 26.0 Å². The van der Waals surface area contributed by atoms with Gasteiger partial charge in [-0.3, -0.25) is 10.1 Å². The van der Waals surface area contributed by atoms with Crippen LogP contribution in [0.1, 0.15) is 27.7 Å². The molecule has 0 aromatic heterocycles. The Hall–Kier alpha value is -2.04. The van der Waals surface area contributed by atoms with Crippen LogP contribution in [-0.4, -0.2) is 18.6 Å². The lowest BCUT2D eigenvalue weighted by molar-refractivity contribution is -0.419. The van der Waals surface area contributed by atoms with Crippen LogP contribution in [0.5, 0.6) is 0 Å². The molecule has 0 saturated carbocycles. The van der Waals surface area contributed by atoms with Crippen LogP contribution in [-0.2, 0) is 9.47 Å². The summed E-state index contributed by atoms with van der Waals surface area (Å²) in [6.07, 6.45) is 5.93. The van der Waals surface area contributed by atoms with Crippen molar-refractivity contribution in [3.8, 4) is 0 Å². The monoisotopic (exact) mass is 269 g/mol. The number of rotatable bonds is 7. The quantitative estimate of drug-likeness (QED) is 0.232. The molecule has 0 spiro atoms. The summed E-state index contributed by atoms with van der Waals surface area (Å²) in [5.74, 6) is 0.743. The highest BCUT2D eigenvalue weighted by Gasteiger charge is 2.12. The van der Waals surface area contributed by atoms with E-state index in [-0.39, 0.29) is 12.3 Å². The van der Waals surface area contributed by atoms with Crippen LogP contribution in [0.3, 0.4) is 0 Å². The van der Waals surface area contributed by atoms with Crippen LogP contribution in [0, 0.1) is 10.1 Å². The van der Waals surface area contributed by atoms with E-state index in [1.807, 2.05) is 13.8 Å². The van der Waals surface area contributed by atoms with Gasteiger partial charge in [-0.15, -0.1) is 0 Å². The first kappa shape index (κ1) is 19.3. The molecule has 108 valence electrons. The number of hydrogen-bond donors (Lipinski definition) is 0. The highest BCUT2D eigenvalue weighted by Crippen LogP contribution is 2.15. The second-order valence-corrected chi connectivity index (χ2v) is 2.94. The van der Waals surface area contributed by atoms with Crippen LogP contribution >= 0.6 is 0 Å². The van der Waals surface area contributed by atoms with Crippen molar-refractivity contribution in [1.82, 2.24) is 0 Å². The lowest BCUT2D eigenvalue weighted by atomic mass is 10.3. The average molecular weight is 269 g/mol. The molecule has 19 heavy (non-hydrogen) atoms. The van der Waals surface area contributed by atoms with Crippen molar-refractivity contribution < 1.29 is 14.4 Å². The molecule has 0 saturated heterocycles. The first-order chi connectivity index (χ1) is 9.10. The molecule has 0 aliphatic carbocycles. The minimum absolute atomic E-state index is 0.0551. The fourth-order valence-electron chi connectivity index (χ4n) is 1.07. The van der Waals surface area contributed by atoms with Crippen LogP contribution in [0.15, 0.2) is 48.1 Å². The summed E-state index contributed by atoms with van der Waals surface area (Å²) in [6.45, 7) is 11.1. The summed E-state index contributed by atoms with van der Waals surface area (Å²) < 4.78 is 10.4. The molecular weight excluding hydrogens is 246 g/mol. The van der Waals surface area contributed by atoms with Gasteiger partial charge >= 0.3 is 0 Å². The van der Waals surface area contributed by atoms with Gasteiger partial charge < -0.3 is 9.47 Å². The number of hydrogen-bond acceptors (Lipinski definition) is 4. The van der Waals surface area contributed by atoms with E-state index in [9.17, 15) is 10.1 Å². The van der Waals surface area contributed by atoms with E-state index in [0.29, 0.717) is 11.5 Å². The summed E-state index contributed by atoms with van der Waals surface area (Å²) in [7, 11) is 1.47. The lowest BCUT2D eigenvalue weighted by Gasteiger charge is -2.10. The van der Waals surface area contributed by atoms with Crippen molar-refractivity contribution >= 4 is 0 Å². The van der Waals surface area contributed by atoms with Gasteiger partial charge in [0.1, 0.15) is 6.61 Å². The van der Waals surface area contributed by atoms with Gasteiger partial charge in [0.15, 0.2) is 11.5 Å². The van der Waals surface area contributed by atoms with Crippen molar-refractivity contribution in [1.29, 1.82) is 0 Å². The SMILES string of the molecule is C=CCOC(=C/C(=C\C)[N+](=O)[O-])/C(=C\C)OC.CC. The van der Waals surface area contributed by atoms with Gasteiger partial charge in [0.2, 0.25) is 0 Å². The first-order valence-corrected chi connectivity index (χ1v) is 6.07. The van der Waals surface area contributed by atoms with Crippen molar-refractivity contribution in [2.45, 2.75) is 27.7 Å². The molecular formula is C14H23NO4. The maximum atomic E-state index is 10.7. The zero-order chi connectivity index (χ0) is 15.3. The third-order valence-corrected chi connectivity index (χ3v) is 1.87. The second kappa shape index (κ2) is 12.4. The molecule has 0 aliphatic heterocycles. The number of ether oxygens (including phenoxy) is 2. The molecule has 0 amide bonds. The Morgan fingerprint density at radius 2 is 1.84 bits per heavy atom. The van der Waals surface area contributed by atoms with Crippen molar-refractivity contribution in [3.63, 3.8) is 0 Å². The molecule has 0 rings (SSSR count). The minimum Gasteiger partial charge on any atom is -0.493 e. The van der Waals surface area contributed by atoms with Gasteiger partial charge in [-0.2, -0.15) is 0 Å². The van der Waals surface area contributed by atoms with E-state index in [1.165, 1.54) is 19.3 Å². The number of methoxy groups -OCH3 is 1. The standard InChI is InChI=1S/C12H17NO4.C2H6/c1-5-8-17-12(11(7-3)16-4)9-10(6-2)13(14)15;1-2/h5-7,9H,1,8H2,2-4H3;1-2H3/b10-6+,11-7+,12-9+;. The zero-order valence-electron chi connectivity index (χ0n) is 12.3. The summed E-state index contributed by atoms with van der Waals surface area (Å²) in [6, 6.07) is 0. The third kappa shape index (κ3) is 7.81. The summed E-state index contributed by atoms with van der Waals surface area (Å²) in [5.41, 5.74) is -0.0551. The Labute approximate surface area is 115 Å². The Balaban J connectivity index is 0. The molecule has 0 aromatic rings. The summed E-state index contributed by atoms with van der Waals surface area (Å²) in [5, 5.41) is 10.7. The molecule has 0 heterocycles. The number of allylic oxidation sites excluding steroid dienone is 3. The maximum Gasteiger partial charge on any atom is 0.269 e. The van der Waals surface area contributed by atoms with Gasteiger partial charge in [-0.05, 0) is 26.0 Å². The van der Waals surface area contributed by atoms with E-state index in [0.717, 1.165) is 0 Å². The van der Waals surface area contributed by atoms with Crippen LogP contribution in [0.25, 0.3) is 0 Å². The molecule has 0 aromatic carbocycles. The molecule has 0 atom stereocenters. The normalized spacial score (nSPS) is 12.2. The second-order valence-electron chi connectivity index (χ2n) is 2.94. The number of nitro groups is 1. The van der Waals surface area contributed by atoms with Crippen LogP contribution in [0.4, 0.5) is 0 Å².